The number of nitrogens with two attached hydrogens (primary N) is 1. The number of hydrogen-bond donors (Lipinski definition) is 1. The maximum absolute atomic E-state index is 11.8. The molecule has 0 fully saturated rings. The van der Waals surface area contributed by atoms with Gasteiger partial charge in [0.1, 0.15) is 5.75 Å². The summed E-state index contributed by atoms with van der Waals surface area (Å²) in [5.41, 5.74) is 6.57. The molecule has 1 rings (SSSR count). The van der Waals surface area contributed by atoms with Gasteiger partial charge in [0, 0.05) is 20.1 Å². The molecular weight excluding hydrogens is 240 g/mol. The molecule has 0 saturated carbocycles. The van der Waals surface area contributed by atoms with Crippen LogP contribution in [0.3, 0.4) is 0 Å². The highest BCUT2D eigenvalue weighted by atomic mass is 16.5. The minimum atomic E-state index is 0.00329. The van der Waals surface area contributed by atoms with Gasteiger partial charge in [-0.25, -0.2) is 0 Å². The monoisotopic (exact) mass is 264 g/mol. The van der Waals surface area contributed by atoms with E-state index in [2.05, 4.69) is 13.8 Å². The fourth-order valence-electron chi connectivity index (χ4n) is 1.55. The summed E-state index contributed by atoms with van der Waals surface area (Å²) < 4.78 is 5.46. The van der Waals surface area contributed by atoms with Gasteiger partial charge in [-0.2, -0.15) is 0 Å². The Kier molecular flexibility index (Phi) is 6.36. The molecular formula is C15H24N2O2. The molecule has 106 valence electrons. The van der Waals surface area contributed by atoms with Crippen LogP contribution in [0.4, 0.5) is 0 Å². The van der Waals surface area contributed by atoms with Crippen molar-refractivity contribution in [1.82, 2.24) is 4.90 Å². The standard InChI is InChI=1S/C15H24N2O2/c1-12(2)8-9-17(3)15(18)11-19-14-6-4-13(10-16)5-7-14/h4-7,12H,8-11,16H2,1-3H3. The molecule has 19 heavy (non-hydrogen) atoms. The third kappa shape index (κ3) is 5.75. The zero-order valence-corrected chi connectivity index (χ0v) is 12.1. The second-order valence-electron chi connectivity index (χ2n) is 5.13. The second-order valence-corrected chi connectivity index (χ2v) is 5.13. The lowest BCUT2D eigenvalue weighted by atomic mass is 10.1. The van der Waals surface area contributed by atoms with Crippen molar-refractivity contribution in [3.63, 3.8) is 0 Å². The van der Waals surface area contributed by atoms with Gasteiger partial charge in [0.2, 0.25) is 0 Å². The summed E-state index contributed by atoms with van der Waals surface area (Å²) in [5, 5.41) is 0. The van der Waals surface area contributed by atoms with Crippen molar-refractivity contribution in [1.29, 1.82) is 0 Å². The zero-order chi connectivity index (χ0) is 14.3. The van der Waals surface area contributed by atoms with Crippen molar-refractivity contribution in [2.24, 2.45) is 11.7 Å². The van der Waals surface area contributed by atoms with Gasteiger partial charge in [-0.1, -0.05) is 26.0 Å². The number of amides is 1. The number of carbonyl (C=O) groups is 1. The minimum Gasteiger partial charge on any atom is -0.484 e. The average Bonchev–Trinajstić information content (AvgIpc) is 2.42. The summed E-state index contributed by atoms with van der Waals surface area (Å²) in [6, 6.07) is 7.48. The van der Waals surface area contributed by atoms with E-state index in [0.29, 0.717) is 18.2 Å². The van der Waals surface area contributed by atoms with Crippen molar-refractivity contribution < 1.29 is 9.53 Å². The number of rotatable bonds is 7. The molecule has 0 radical (unpaired) electrons. The molecule has 1 aromatic rings. The lowest BCUT2D eigenvalue weighted by molar-refractivity contribution is -0.132. The maximum atomic E-state index is 11.8. The van der Waals surface area contributed by atoms with Gasteiger partial charge in [-0.05, 0) is 30.0 Å². The Morgan fingerprint density at radius 3 is 2.47 bits per heavy atom. The van der Waals surface area contributed by atoms with Gasteiger partial charge in [-0.3, -0.25) is 4.79 Å². The summed E-state index contributed by atoms with van der Waals surface area (Å²) in [6.07, 6.45) is 1.01. The Morgan fingerprint density at radius 1 is 1.32 bits per heavy atom. The Labute approximate surface area is 115 Å². The highest BCUT2D eigenvalue weighted by Gasteiger charge is 2.09. The molecule has 0 saturated heterocycles. The van der Waals surface area contributed by atoms with Gasteiger partial charge < -0.3 is 15.4 Å². The van der Waals surface area contributed by atoms with Crippen LogP contribution in [0.25, 0.3) is 0 Å². The van der Waals surface area contributed by atoms with Crippen molar-refractivity contribution in [3.8, 4) is 5.75 Å². The van der Waals surface area contributed by atoms with Crippen molar-refractivity contribution in [3.05, 3.63) is 29.8 Å². The molecule has 1 aromatic carbocycles. The number of carbonyl (C=O) groups excluding carboxylic acids is 1. The van der Waals surface area contributed by atoms with Crippen LogP contribution in [0.15, 0.2) is 24.3 Å². The van der Waals surface area contributed by atoms with Crippen LogP contribution in [-0.2, 0) is 11.3 Å². The Morgan fingerprint density at radius 2 is 1.95 bits per heavy atom. The molecule has 0 atom stereocenters. The Hall–Kier alpha value is -1.55. The zero-order valence-electron chi connectivity index (χ0n) is 12.1. The summed E-state index contributed by atoms with van der Waals surface area (Å²) in [4.78, 5) is 13.5. The van der Waals surface area contributed by atoms with Crippen LogP contribution < -0.4 is 10.5 Å². The predicted molar refractivity (Wildman–Crippen MR) is 76.9 cm³/mol. The van der Waals surface area contributed by atoms with Crippen molar-refractivity contribution in [2.75, 3.05) is 20.2 Å². The van der Waals surface area contributed by atoms with Crippen LogP contribution in [0.1, 0.15) is 25.8 Å². The first kappa shape index (κ1) is 15.5. The van der Waals surface area contributed by atoms with E-state index < -0.39 is 0 Å². The Balaban J connectivity index is 2.36. The predicted octanol–water partition coefficient (Wildman–Crippen LogP) is 2.03. The minimum absolute atomic E-state index is 0.00329. The maximum Gasteiger partial charge on any atom is 0.260 e. The molecule has 0 aliphatic carbocycles. The topological polar surface area (TPSA) is 55.6 Å². The van der Waals surface area contributed by atoms with Gasteiger partial charge in [0.05, 0.1) is 0 Å². The molecule has 1 amide bonds. The van der Waals surface area contributed by atoms with Gasteiger partial charge in [0.15, 0.2) is 6.61 Å². The molecule has 2 N–H and O–H groups in total. The summed E-state index contributed by atoms with van der Waals surface area (Å²) in [7, 11) is 1.81. The quantitative estimate of drug-likeness (QED) is 0.820. The van der Waals surface area contributed by atoms with E-state index >= 15 is 0 Å². The molecule has 0 heterocycles. The first-order valence-corrected chi connectivity index (χ1v) is 6.68. The fraction of sp³-hybridized carbons (Fsp3) is 0.533. The lowest BCUT2D eigenvalue weighted by Gasteiger charge is -2.18. The van der Waals surface area contributed by atoms with E-state index in [-0.39, 0.29) is 12.5 Å². The van der Waals surface area contributed by atoms with Crippen molar-refractivity contribution >= 4 is 5.91 Å². The van der Waals surface area contributed by atoms with Gasteiger partial charge in [-0.15, -0.1) is 0 Å². The van der Waals surface area contributed by atoms with E-state index in [0.717, 1.165) is 18.5 Å². The fourth-order valence-corrected chi connectivity index (χ4v) is 1.55. The smallest absolute Gasteiger partial charge is 0.260 e. The number of benzene rings is 1. The molecule has 0 unspecified atom stereocenters. The first-order chi connectivity index (χ1) is 9.02. The molecule has 0 bridgehead atoms. The van der Waals surface area contributed by atoms with Crippen LogP contribution in [0, 0.1) is 5.92 Å². The summed E-state index contributed by atoms with van der Waals surface area (Å²) >= 11 is 0. The largest absolute Gasteiger partial charge is 0.484 e. The average molecular weight is 264 g/mol. The van der Waals surface area contributed by atoms with E-state index in [1.165, 1.54) is 0 Å². The second kappa shape index (κ2) is 7.79. The van der Waals surface area contributed by atoms with Gasteiger partial charge >= 0.3 is 0 Å². The third-order valence-corrected chi connectivity index (χ3v) is 2.99. The van der Waals surface area contributed by atoms with Crippen LogP contribution in [0.5, 0.6) is 5.75 Å². The van der Waals surface area contributed by atoms with E-state index in [1.807, 2.05) is 31.3 Å². The SMILES string of the molecule is CC(C)CCN(C)C(=O)COc1ccc(CN)cc1. The lowest BCUT2D eigenvalue weighted by Crippen LogP contribution is -2.32. The summed E-state index contributed by atoms with van der Waals surface area (Å²) in [5.74, 6) is 1.30. The van der Waals surface area contributed by atoms with Crippen LogP contribution in [-0.4, -0.2) is 31.0 Å². The van der Waals surface area contributed by atoms with Crippen LogP contribution >= 0.6 is 0 Å². The highest BCUT2D eigenvalue weighted by molar-refractivity contribution is 5.77. The molecule has 0 aliphatic rings. The third-order valence-electron chi connectivity index (χ3n) is 2.99. The molecule has 0 spiro atoms. The molecule has 4 nitrogen and oxygen atoms in total. The van der Waals surface area contributed by atoms with E-state index in [1.54, 1.807) is 4.90 Å². The Bertz CT molecular complexity index is 388. The number of hydrogen-bond acceptors (Lipinski definition) is 3. The van der Waals surface area contributed by atoms with Gasteiger partial charge in [0.25, 0.3) is 5.91 Å². The number of nitrogens with zero attached hydrogens (tertiary/aromatic N) is 1. The highest BCUT2D eigenvalue weighted by Crippen LogP contribution is 2.12. The number of ether oxygens (including phenoxy) is 1. The summed E-state index contributed by atoms with van der Waals surface area (Å²) in [6.45, 7) is 5.65. The molecule has 0 aromatic heterocycles. The normalized spacial score (nSPS) is 10.6. The molecule has 4 heteroatoms. The number of likely N-dealkylation sites (N-methyl/N-ethyl adjacent to an activating group) is 1. The first-order valence-electron chi connectivity index (χ1n) is 6.68. The van der Waals surface area contributed by atoms with Crippen LogP contribution in [0.2, 0.25) is 0 Å². The molecule has 0 aliphatic heterocycles. The van der Waals surface area contributed by atoms with E-state index in [9.17, 15) is 4.79 Å². The van der Waals surface area contributed by atoms with E-state index in [4.69, 9.17) is 10.5 Å². The van der Waals surface area contributed by atoms with Crippen molar-refractivity contribution in [2.45, 2.75) is 26.8 Å².